The Morgan fingerprint density at radius 1 is 0.950 bits per heavy atom. The largest absolute Gasteiger partial charge is 0.380 e. The van der Waals surface area contributed by atoms with Crippen molar-refractivity contribution in [2.75, 3.05) is 5.32 Å². The maximum absolute atomic E-state index is 9.16. The summed E-state index contributed by atoms with van der Waals surface area (Å²) in [5, 5.41) is 14.6. The minimum absolute atomic E-state index is 0.704. The average molecular weight is 259 g/mol. The van der Waals surface area contributed by atoms with E-state index in [-0.39, 0.29) is 0 Å². The van der Waals surface area contributed by atoms with Crippen LogP contribution < -0.4 is 5.32 Å². The van der Waals surface area contributed by atoms with Crippen LogP contribution in [0.5, 0.6) is 0 Å². The van der Waals surface area contributed by atoms with Crippen molar-refractivity contribution in [3.63, 3.8) is 0 Å². The smallest absolute Gasteiger partial charge is 0.0998 e. The van der Waals surface area contributed by atoms with E-state index in [0.29, 0.717) is 5.56 Å². The van der Waals surface area contributed by atoms with Crippen molar-refractivity contribution < 1.29 is 0 Å². The van der Waals surface area contributed by atoms with Crippen molar-refractivity contribution in [1.29, 1.82) is 5.26 Å². The number of fused-ring (bicyclic) bond motifs is 1. The summed E-state index contributed by atoms with van der Waals surface area (Å²) >= 11 is 0. The second-order valence-electron chi connectivity index (χ2n) is 4.53. The van der Waals surface area contributed by atoms with Gasteiger partial charge in [0.2, 0.25) is 0 Å². The molecule has 0 bridgehead atoms. The van der Waals surface area contributed by atoms with Crippen LogP contribution in [0.1, 0.15) is 11.1 Å². The third-order valence-electron chi connectivity index (χ3n) is 3.28. The van der Waals surface area contributed by atoms with Gasteiger partial charge in [-0.1, -0.05) is 24.3 Å². The van der Waals surface area contributed by atoms with Crippen LogP contribution in [0.15, 0.2) is 60.9 Å². The summed E-state index contributed by atoms with van der Waals surface area (Å²) in [7, 11) is 0. The first-order valence-electron chi connectivity index (χ1n) is 6.43. The molecule has 0 amide bonds. The molecule has 0 aliphatic carbocycles. The van der Waals surface area contributed by atoms with Crippen molar-refractivity contribution in [2.45, 2.75) is 6.54 Å². The first-order valence-corrected chi connectivity index (χ1v) is 6.43. The molecule has 0 atom stereocenters. The van der Waals surface area contributed by atoms with Crippen LogP contribution in [0.3, 0.4) is 0 Å². The normalized spacial score (nSPS) is 10.2. The van der Waals surface area contributed by atoms with Gasteiger partial charge in [0, 0.05) is 35.4 Å². The standard InChI is InChI=1S/C17H13N3/c18-11-14-5-6-17(16-4-2-1-3-15(14)16)20-12-13-7-9-19-10-8-13/h1-10,20H,12H2. The Balaban J connectivity index is 1.95. The third kappa shape index (κ3) is 2.32. The Labute approximate surface area is 117 Å². The molecule has 0 aliphatic heterocycles. The van der Waals surface area contributed by atoms with E-state index in [1.807, 2.05) is 48.5 Å². The van der Waals surface area contributed by atoms with Gasteiger partial charge in [-0.25, -0.2) is 0 Å². The summed E-state index contributed by atoms with van der Waals surface area (Å²) in [4.78, 5) is 4.01. The zero-order valence-electron chi connectivity index (χ0n) is 10.9. The number of nitrogens with one attached hydrogen (secondary N) is 1. The number of pyridine rings is 1. The Hall–Kier alpha value is -2.86. The molecule has 1 aromatic heterocycles. The van der Waals surface area contributed by atoms with Gasteiger partial charge in [0.25, 0.3) is 0 Å². The van der Waals surface area contributed by atoms with Crippen LogP contribution in [0, 0.1) is 11.3 Å². The number of hydrogen-bond donors (Lipinski definition) is 1. The predicted octanol–water partition coefficient (Wildman–Crippen LogP) is 3.72. The van der Waals surface area contributed by atoms with E-state index in [9.17, 15) is 0 Å². The Morgan fingerprint density at radius 3 is 2.45 bits per heavy atom. The predicted molar refractivity (Wildman–Crippen MR) is 80.2 cm³/mol. The van der Waals surface area contributed by atoms with Crippen LogP contribution in [0.4, 0.5) is 5.69 Å². The summed E-state index contributed by atoms with van der Waals surface area (Å²) in [6, 6.07) is 18.0. The summed E-state index contributed by atoms with van der Waals surface area (Å²) in [6.45, 7) is 0.735. The van der Waals surface area contributed by atoms with E-state index in [1.165, 1.54) is 5.56 Å². The van der Waals surface area contributed by atoms with Crippen LogP contribution in [0.2, 0.25) is 0 Å². The fourth-order valence-corrected chi connectivity index (χ4v) is 2.25. The molecule has 0 radical (unpaired) electrons. The maximum Gasteiger partial charge on any atom is 0.0998 e. The van der Waals surface area contributed by atoms with Crippen LogP contribution in [-0.4, -0.2) is 4.98 Å². The molecule has 20 heavy (non-hydrogen) atoms. The number of aromatic nitrogens is 1. The van der Waals surface area contributed by atoms with Gasteiger partial charge in [0.15, 0.2) is 0 Å². The minimum atomic E-state index is 0.704. The Bertz CT molecular complexity index is 773. The fourth-order valence-electron chi connectivity index (χ4n) is 2.25. The number of nitrogens with zero attached hydrogens (tertiary/aromatic N) is 2. The first kappa shape index (κ1) is 12.2. The molecule has 1 N–H and O–H groups in total. The van der Waals surface area contributed by atoms with Crippen molar-refractivity contribution in [2.24, 2.45) is 0 Å². The van der Waals surface area contributed by atoms with Crippen molar-refractivity contribution >= 4 is 16.5 Å². The summed E-state index contributed by atoms with van der Waals surface area (Å²) in [5.74, 6) is 0. The first-order chi connectivity index (χ1) is 9.88. The molecule has 0 spiro atoms. The molecular formula is C17H13N3. The number of benzene rings is 2. The van der Waals surface area contributed by atoms with Gasteiger partial charge in [-0.05, 0) is 29.8 Å². The zero-order valence-corrected chi connectivity index (χ0v) is 10.9. The molecule has 0 unspecified atom stereocenters. The summed E-state index contributed by atoms with van der Waals surface area (Å²) in [5.41, 5.74) is 2.92. The number of anilines is 1. The Morgan fingerprint density at radius 2 is 1.70 bits per heavy atom. The SMILES string of the molecule is N#Cc1ccc(NCc2ccncc2)c2ccccc12. The Kier molecular flexibility index (Phi) is 3.30. The van der Waals surface area contributed by atoms with Crippen LogP contribution in [0.25, 0.3) is 10.8 Å². The lowest BCUT2D eigenvalue weighted by Crippen LogP contribution is -2.00. The minimum Gasteiger partial charge on any atom is -0.380 e. The molecule has 96 valence electrons. The molecule has 0 saturated heterocycles. The van der Waals surface area contributed by atoms with Crippen LogP contribution >= 0.6 is 0 Å². The number of nitriles is 1. The van der Waals surface area contributed by atoms with Crippen molar-refractivity contribution in [3.05, 3.63) is 72.1 Å². The molecular weight excluding hydrogens is 246 g/mol. The highest BCUT2D eigenvalue weighted by molar-refractivity contribution is 5.97. The second kappa shape index (κ2) is 5.41. The van der Waals surface area contributed by atoms with Gasteiger partial charge in [0.05, 0.1) is 11.6 Å². The molecule has 3 rings (SSSR count). The van der Waals surface area contributed by atoms with Gasteiger partial charge in [0.1, 0.15) is 0 Å². The van der Waals surface area contributed by atoms with Gasteiger partial charge in [-0.2, -0.15) is 5.26 Å². The molecule has 1 heterocycles. The van der Waals surface area contributed by atoms with Gasteiger partial charge < -0.3 is 5.32 Å². The third-order valence-corrected chi connectivity index (χ3v) is 3.28. The lowest BCUT2D eigenvalue weighted by molar-refractivity contribution is 1.13. The lowest BCUT2D eigenvalue weighted by atomic mass is 10.0. The van der Waals surface area contributed by atoms with Gasteiger partial charge in [-0.15, -0.1) is 0 Å². The van der Waals surface area contributed by atoms with Crippen molar-refractivity contribution in [1.82, 2.24) is 4.98 Å². The topological polar surface area (TPSA) is 48.7 Å². The van der Waals surface area contributed by atoms with E-state index in [2.05, 4.69) is 16.4 Å². The molecule has 0 aliphatic rings. The van der Waals surface area contributed by atoms with E-state index < -0.39 is 0 Å². The van der Waals surface area contributed by atoms with E-state index in [1.54, 1.807) is 12.4 Å². The monoisotopic (exact) mass is 259 g/mol. The molecule has 0 fully saturated rings. The maximum atomic E-state index is 9.16. The second-order valence-corrected chi connectivity index (χ2v) is 4.53. The molecule has 0 saturated carbocycles. The highest BCUT2D eigenvalue weighted by atomic mass is 14.9. The molecule has 3 heteroatoms. The highest BCUT2D eigenvalue weighted by Crippen LogP contribution is 2.26. The molecule has 3 aromatic rings. The van der Waals surface area contributed by atoms with Crippen molar-refractivity contribution in [3.8, 4) is 6.07 Å². The molecule has 2 aromatic carbocycles. The number of rotatable bonds is 3. The van der Waals surface area contributed by atoms with Gasteiger partial charge >= 0.3 is 0 Å². The summed E-state index contributed by atoms with van der Waals surface area (Å²) < 4.78 is 0. The summed E-state index contributed by atoms with van der Waals surface area (Å²) in [6.07, 6.45) is 3.57. The van der Waals surface area contributed by atoms with Gasteiger partial charge in [-0.3, -0.25) is 4.98 Å². The highest BCUT2D eigenvalue weighted by Gasteiger charge is 2.04. The zero-order chi connectivity index (χ0) is 13.8. The molecule has 3 nitrogen and oxygen atoms in total. The number of hydrogen-bond acceptors (Lipinski definition) is 3. The van der Waals surface area contributed by atoms with E-state index >= 15 is 0 Å². The average Bonchev–Trinajstić information content (AvgIpc) is 2.53. The van der Waals surface area contributed by atoms with Crippen LogP contribution in [-0.2, 0) is 6.54 Å². The fraction of sp³-hybridized carbons (Fsp3) is 0.0588. The quantitative estimate of drug-likeness (QED) is 0.779. The van der Waals surface area contributed by atoms with E-state index in [4.69, 9.17) is 5.26 Å². The van der Waals surface area contributed by atoms with E-state index in [0.717, 1.165) is 23.0 Å². The lowest BCUT2D eigenvalue weighted by Gasteiger charge is -2.10.